The first-order valence-corrected chi connectivity index (χ1v) is 28.1. The van der Waals surface area contributed by atoms with Gasteiger partial charge in [0.2, 0.25) is 11.8 Å². The summed E-state index contributed by atoms with van der Waals surface area (Å²) in [6.07, 6.45) is 7.61. The molecule has 0 heterocycles. The largest absolute Gasteiger partial charge is 0.508 e. The Hall–Kier alpha value is -2.55. The Kier molecular flexibility index (Phi) is 48.1. The van der Waals surface area contributed by atoms with E-state index in [1.165, 1.54) is 30.4 Å². The van der Waals surface area contributed by atoms with E-state index in [2.05, 4.69) is 202 Å². The number of phenols is 1. The molecule has 0 aliphatic carbocycles. The number of hydrogen-bond acceptors (Lipinski definition) is 6. The van der Waals surface area contributed by atoms with Gasteiger partial charge in [0.15, 0.2) is 0 Å². The third-order valence-corrected chi connectivity index (χ3v) is 10.9. The van der Waals surface area contributed by atoms with Crippen LogP contribution in [0, 0.1) is 55.2 Å². The van der Waals surface area contributed by atoms with Crippen molar-refractivity contribution in [2.45, 2.75) is 265 Å². The van der Waals surface area contributed by atoms with E-state index in [1.807, 2.05) is 53.7 Å². The number of rotatable bonds is 8. The maximum atomic E-state index is 10.3. The smallest absolute Gasteiger partial charge is 0.217 e. The van der Waals surface area contributed by atoms with Gasteiger partial charge in [0.05, 0.1) is 6.10 Å². The number of unbranched alkanes of at least 4 members (excludes halogenated alkanes) is 1. The van der Waals surface area contributed by atoms with E-state index >= 15 is 0 Å². The Morgan fingerprint density at radius 1 is 0.493 bits per heavy atom. The lowest BCUT2D eigenvalue weighted by atomic mass is 9.84. The fourth-order valence-corrected chi connectivity index (χ4v) is 4.25. The van der Waals surface area contributed by atoms with Gasteiger partial charge in [-0.25, -0.2) is 0 Å². The summed E-state index contributed by atoms with van der Waals surface area (Å²) < 4.78 is 0. The number of carbonyl (C=O) groups is 2. The molecule has 7 nitrogen and oxygen atoms in total. The molecule has 0 aromatic heterocycles. The van der Waals surface area contributed by atoms with E-state index in [1.54, 1.807) is 19.1 Å². The van der Waals surface area contributed by atoms with Crippen LogP contribution in [0.1, 0.15) is 257 Å². The van der Waals surface area contributed by atoms with Crippen molar-refractivity contribution in [3.8, 4) is 5.75 Å². The van der Waals surface area contributed by atoms with Crippen LogP contribution in [0.2, 0.25) is 0 Å². The highest BCUT2D eigenvalue weighted by atomic mass is 32.1. The second-order valence-corrected chi connectivity index (χ2v) is 30.5. The number of amides is 2. The summed E-state index contributed by atoms with van der Waals surface area (Å²) >= 11 is 4.10. The number of hydrogen-bond donors (Lipinski definition) is 6. The zero-order valence-corrected chi connectivity index (χ0v) is 55.3. The van der Waals surface area contributed by atoms with Gasteiger partial charge >= 0.3 is 0 Å². The van der Waals surface area contributed by atoms with Crippen molar-refractivity contribution >= 4 is 24.4 Å². The van der Waals surface area contributed by atoms with Crippen LogP contribution in [-0.4, -0.2) is 40.4 Å². The van der Waals surface area contributed by atoms with Crippen molar-refractivity contribution in [2.75, 3.05) is 12.3 Å². The second-order valence-electron chi connectivity index (χ2n) is 30.2. The fraction of sp³-hybridized carbons (Fsp3) is 0.785. The first-order chi connectivity index (χ1) is 32.1. The molecular formula is C65H131N3O4S. The molecule has 0 saturated heterocycles. The van der Waals surface area contributed by atoms with Crippen LogP contribution in [0.3, 0.4) is 0 Å². The Morgan fingerprint density at radius 2 is 0.808 bits per heavy atom. The summed E-state index contributed by atoms with van der Waals surface area (Å²) in [5.41, 5.74) is 20.4. The quantitative estimate of drug-likeness (QED) is 0.115. The minimum absolute atomic E-state index is 0.0475. The van der Waals surface area contributed by atoms with Crippen LogP contribution >= 0.6 is 12.6 Å². The highest BCUT2D eigenvalue weighted by molar-refractivity contribution is 7.80. The number of benzene rings is 2. The second kappa shape index (κ2) is 41.6. The van der Waals surface area contributed by atoms with Gasteiger partial charge < -0.3 is 27.4 Å². The first-order valence-electron chi connectivity index (χ1n) is 27.5. The van der Waals surface area contributed by atoms with Crippen molar-refractivity contribution in [1.29, 1.82) is 0 Å². The molecule has 0 bridgehead atoms. The van der Waals surface area contributed by atoms with Crippen LogP contribution in [0.4, 0.5) is 0 Å². The molecule has 0 aliphatic heterocycles. The van der Waals surface area contributed by atoms with E-state index in [4.69, 9.17) is 27.4 Å². The Balaban J connectivity index is -0.000000136. The number of carbonyl (C=O) groups excluding carboxylic acids is 2. The molecule has 2 rings (SSSR count). The molecule has 73 heavy (non-hydrogen) atoms. The maximum absolute atomic E-state index is 10.3. The molecule has 0 saturated carbocycles. The van der Waals surface area contributed by atoms with Crippen LogP contribution in [0.5, 0.6) is 5.75 Å². The number of nitrogens with two attached hydrogens (primary N) is 3. The standard InChI is InChI=1S/C11H16O.C11H16.C8H19N.C7H15NO.C7H16.C6H13NO.C6H14O.C5H12S.C4H10/c1-11(2,3)8-9-4-6-10(12)7-5-9;1-11(2,3)9-10-7-5-4-6-8-10;1-8(2,3)6-4-5-7-9;1-7(2,3)5-4-6(8)9;1-6(2)7(3,4)5;1-6(2,3)4-5(7)8;1-5(7)6(2,3)4;1-5(2,3)4-6;1-4(2)3/h4-7,12H,8H2,1-3H3;4-8H,9H2,1-3H3;4-7,9H2,1-3H3;4-5H2,1-3H3,(H2,8,9);6H,1-5H3;4H2,1-3H3,(H2,7,8);5,7H,1-4H3;6H,4H2,1-3H3;4H,1-3H3. The number of primary amides is 2. The summed E-state index contributed by atoms with van der Waals surface area (Å²) in [4.78, 5) is 20.5. The lowest BCUT2D eigenvalue weighted by Gasteiger charge is -2.22. The number of thiol groups is 1. The zero-order chi connectivity index (χ0) is 60.1. The van der Waals surface area contributed by atoms with Gasteiger partial charge in [-0.15, -0.1) is 0 Å². The Labute approximate surface area is 463 Å². The highest BCUT2D eigenvalue weighted by Crippen LogP contribution is 2.25. The molecule has 1 unspecified atom stereocenters. The predicted octanol–water partition coefficient (Wildman–Crippen LogP) is 18.3. The SMILES string of the molecule is CC(C)(C)CC(N)=O.CC(C)(C)CCC(N)=O.CC(C)(C)CCCCN.CC(C)(C)CS.CC(C)(C)Cc1ccc(O)cc1.CC(C)(C)Cc1ccccc1.CC(C)C.CC(C)C(C)(C)C.CC(O)C(C)(C)C. The normalized spacial score (nSPS) is 12.1. The molecule has 0 aliphatic rings. The van der Waals surface area contributed by atoms with E-state index in [9.17, 15) is 9.59 Å². The van der Waals surface area contributed by atoms with E-state index in [-0.39, 0.29) is 34.2 Å². The summed E-state index contributed by atoms with van der Waals surface area (Å²) in [5, 5.41) is 17.9. The van der Waals surface area contributed by atoms with Crippen molar-refractivity contribution in [3.63, 3.8) is 0 Å². The summed E-state index contributed by atoms with van der Waals surface area (Å²) in [6.45, 7) is 65.4. The molecule has 2 aromatic carbocycles. The molecule has 8 heteroatoms. The molecule has 0 radical (unpaired) electrons. The van der Waals surface area contributed by atoms with Crippen LogP contribution < -0.4 is 17.2 Å². The average molecular weight is 1050 g/mol. The predicted molar refractivity (Wildman–Crippen MR) is 334 cm³/mol. The molecule has 2 aromatic rings. The van der Waals surface area contributed by atoms with Crippen molar-refractivity contribution in [1.82, 2.24) is 0 Å². The molecule has 0 fully saturated rings. The molecule has 8 N–H and O–H groups in total. The lowest BCUT2D eigenvalue weighted by Crippen LogP contribution is -2.21. The number of aromatic hydroxyl groups is 1. The average Bonchev–Trinajstić information content (AvgIpc) is 3.13. The minimum atomic E-state index is -0.225. The third kappa shape index (κ3) is 95.7. The minimum Gasteiger partial charge on any atom is -0.508 e. The van der Waals surface area contributed by atoms with Gasteiger partial charge in [-0.2, -0.15) is 12.6 Å². The molecule has 0 spiro atoms. The van der Waals surface area contributed by atoms with Gasteiger partial charge in [-0.1, -0.05) is 250 Å². The lowest BCUT2D eigenvalue weighted by molar-refractivity contribution is -0.120. The topological polar surface area (TPSA) is 153 Å². The summed E-state index contributed by atoms with van der Waals surface area (Å²) in [7, 11) is 0. The van der Waals surface area contributed by atoms with E-state index < -0.39 is 0 Å². The number of aliphatic hydroxyl groups excluding tert-OH is 1. The summed E-state index contributed by atoms with van der Waals surface area (Å²) in [6, 6.07) is 18.0. The Morgan fingerprint density at radius 3 is 0.986 bits per heavy atom. The fourth-order valence-electron chi connectivity index (χ4n) is 4.25. The third-order valence-electron chi connectivity index (χ3n) is 9.91. The van der Waals surface area contributed by atoms with E-state index in [0.717, 1.165) is 43.4 Å². The molecular weight excluding hydrogens is 919 g/mol. The highest BCUT2D eigenvalue weighted by Gasteiger charge is 2.17. The van der Waals surface area contributed by atoms with Crippen LogP contribution in [0.25, 0.3) is 0 Å². The molecule has 436 valence electrons. The van der Waals surface area contributed by atoms with Crippen molar-refractivity contribution in [2.24, 2.45) is 72.4 Å². The van der Waals surface area contributed by atoms with Gasteiger partial charge in [-0.3, -0.25) is 9.59 Å². The Bertz CT molecular complexity index is 1520. The number of phenolic OH excluding ortho intramolecular Hbond substituents is 1. The summed E-state index contributed by atoms with van der Waals surface area (Å²) in [5.74, 6) is 2.51. The van der Waals surface area contributed by atoms with Crippen LogP contribution in [-0.2, 0) is 22.4 Å². The van der Waals surface area contributed by atoms with E-state index in [0.29, 0.717) is 45.7 Å². The van der Waals surface area contributed by atoms with Gasteiger partial charge in [0.1, 0.15) is 5.75 Å². The van der Waals surface area contributed by atoms with Crippen LogP contribution in [0.15, 0.2) is 54.6 Å². The van der Waals surface area contributed by atoms with Crippen molar-refractivity contribution in [3.05, 3.63) is 65.7 Å². The first kappa shape index (κ1) is 84.4. The number of aliphatic hydroxyl groups is 1. The zero-order valence-electron chi connectivity index (χ0n) is 54.4. The maximum Gasteiger partial charge on any atom is 0.217 e. The van der Waals surface area contributed by atoms with Gasteiger partial charge in [0, 0.05) is 12.8 Å². The van der Waals surface area contributed by atoms with Gasteiger partial charge in [0.25, 0.3) is 0 Å². The molecule has 1 atom stereocenters. The van der Waals surface area contributed by atoms with Gasteiger partial charge in [-0.05, 0) is 130 Å². The van der Waals surface area contributed by atoms with Crippen molar-refractivity contribution < 1.29 is 19.8 Å². The molecule has 2 amide bonds. The monoisotopic (exact) mass is 1050 g/mol.